The molecular formula is C17H22ClN3O3. The van der Waals surface area contributed by atoms with Gasteiger partial charge in [-0.1, -0.05) is 11.6 Å². The van der Waals surface area contributed by atoms with Crippen molar-refractivity contribution in [2.45, 2.75) is 6.42 Å². The predicted molar refractivity (Wildman–Crippen MR) is 92.2 cm³/mol. The zero-order chi connectivity index (χ0) is 16.9. The number of rotatable bonds is 5. The van der Waals surface area contributed by atoms with Crippen molar-refractivity contribution in [2.75, 3.05) is 50.8 Å². The largest absolute Gasteiger partial charge is 0.379 e. The fourth-order valence-electron chi connectivity index (χ4n) is 3.06. The maximum atomic E-state index is 12.3. The normalized spacial score (nSPS) is 22.0. The van der Waals surface area contributed by atoms with Crippen molar-refractivity contribution >= 4 is 29.1 Å². The Labute approximate surface area is 146 Å². The number of anilines is 1. The third kappa shape index (κ3) is 4.26. The monoisotopic (exact) mass is 351 g/mol. The van der Waals surface area contributed by atoms with Gasteiger partial charge in [0.25, 0.3) is 0 Å². The minimum atomic E-state index is -0.294. The summed E-state index contributed by atoms with van der Waals surface area (Å²) in [5, 5.41) is 3.58. The average Bonchev–Trinajstić information content (AvgIpc) is 2.98. The molecule has 2 heterocycles. The molecule has 0 unspecified atom stereocenters. The average molecular weight is 352 g/mol. The molecule has 1 atom stereocenters. The smallest absolute Gasteiger partial charge is 0.227 e. The number of amides is 2. The van der Waals surface area contributed by atoms with Gasteiger partial charge in [-0.3, -0.25) is 14.5 Å². The molecule has 7 heteroatoms. The highest BCUT2D eigenvalue weighted by molar-refractivity contribution is 6.30. The van der Waals surface area contributed by atoms with Crippen LogP contribution in [0.4, 0.5) is 5.69 Å². The molecule has 24 heavy (non-hydrogen) atoms. The molecule has 2 aliphatic heterocycles. The highest BCUT2D eigenvalue weighted by Crippen LogP contribution is 2.26. The number of nitrogens with zero attached hydrogens (tertiary/aromatic N) is 2. The van der Waals surface area contributed by atoms with Crippen molar-refractivity contribution in [3.8, 4) is 0 Å². The Balaban J connectivity index is 1.47. The predicted octanol–water partition coefficient (Wildman–Crippen LogP) is 1.14. The summed E-state index contributed by atoms with van der Waals surface area (Å²) >= 11 is 5.88. The quantitative estimate of drug-likeness (QED) is 0.864. The number of morpholine rings is 1. The van der Waals surface area contributed by atoms with Crippen LogP contribution in [-0.4, -0.2) is 62.7 Å². The molecule has 0 aliphatic carbocycles. The van der Waals surface area contributed by atoms with Gasteiger partial charge in [-0.25, -0.2) is 0 Å². The van der Waals surface area contributed by atoms with Crippen LogP contribution < -0.4 is 10.2 Å². The summed E-state index contributed by atoms with van der Waals surface area (Å²) in [6, 6.07) is 7.11. The Hall–Kier alpha value is -1.63. The Bertz CT molecular complexity index is 587. The maximum Gasteiger partial charge on any atom is 0.227 e. The van der Waals surface area contributed by atoms with Crippen molar-refractivity contribution in [3.05, 3.63) is 29.3 Å². The topological polar surface area (TPSA) is 61.9 Å². The third-order valence-electron chi connectivity index (χ3n) is 4.47. The number of hydrogen-bond donors (Lipinski definition) is 1. The molecule has 130 valence electrons. The molecule has 1 N–H and O–H groups in total. The van der Waals surface area contributed by atoms with Crippen molar-refractivity contribution < 1.29 is 14.3 Å². The molecule has 2 fully saturated rings. The summed E-state index contributed by atoms with van der Waals surface area (Å²) < 4.78 is 5.30. The second kappa shape index (κ2) is 7.96. The fraction of sp³-hybridized carbons (Fsp3) is 0.529. The zero-order valence-corrected chi connectivity index (χ0v) is 14.3. The first-order valence-corrected chi connectivity index (χ1v) is 8.65. The molecule has 0 bridgehead atoms. The van der Waals surface area contributed by atoms with Gasteiger partial charge >= 0.3 is 0 Å². The number of halogens is 1. The lowest BCUT2D eigenvalue weighted by Crippen LogP contribution is -2.42. The van der Waals surface area contributed by atoms with Gasteiger partial charge < -0.3 is 15.0 Å². The van der Waals surface area contributed by atoms with Crippen LogP contribution in [0.2, 0.25) is 5.02 Å². The third-order valence-corrected chi connectivity index (χ3v) is 4.72. The molecule has 2 amide bonds. The summed E-state index contributed by atoms with van der Waals surface area (Å²) in [7, 11) is 0. The molecule has 2 aliphatic rings. The Morgan fingerprint density at radius 2 is 1.96 bits per heavy atom. The first-order chi connectivity index (χ1) is 11.6. The summed E-state index contributed by atoms with van der Waals surface area (Å²) in [6.07, 6.45) is 0.256. The van der Waals surface area contributed by atoms with Gasteiger partial charge in [0.15, 0.2) is 0 Å². The highest BCUT2D eigenvalue weighted by Gasteiger charge is 2.34. The number of carbonyl (C=O) groups is 2. The summed E-state index contributed by atoms with van der Waals surface area (Å²) in [5.41, 5.74) is 0.785. The van der Waals surface area contributed by atoms with Gasteiger partial charge in [-0.2, -0.15) is 0 Å². The van der Waals surface area contributed by atoms with Crippen molar-refractivity contribution in [3.63, 3.8) is 0 Å². The van der Waals surface area contributed by atoms with E-state index in [0.717, 1.165) is 38.5 Å². The summed E-state index contributed by atoms with van der Waals surface area (Å²) in [4.78, 5) is 28.4. The lowest BCUT2D eigenvalue weighted by atomic mass is 10.1. The Kier molecular flexibility index (Phi) is 5.71. The minimum absolute atomic E-state index is 0.0225. The molecule has 2 saturated heterocycles. The second-order valence-corrected chi connectivity index (χ2v) is 6.56. The van der Waals surface area contributed by atoms with Crippen LogP contribution in [0.3, 0.4) is 0 Å². The zero-order valence-electron chi connectivity index (χ0n) is 13.5. The number of ether oxygens (including phenoxy) is 1. The van der Waals surface area contributed by atoms with E-state index < -0.39 is 0 Å². The summed E-state index contributed by atoms with van der Waals surface area (Å²) in [6.45, 7) is 5.15. The van der Waals surface area contributed by atoms with Crippen LogP contribution in [0.5, 0.6) is 0 Å². The van der Waals surface area contributed by atoms with Gasteiger partial charge in [-0.15, -0.1) is 0 Å². The van der Waals surface area contributed by atoms with Gasteiger partial charge in [0, 0.05) is 49.9 Å². The molecule has 0 radical (unpaired) electrons. The van der Waals surface area contributed by atoms with E-state index in [9.17, 15) is 9.59 Å². The van der Waals surface area contributed by atoms with Crippen molar-refractivity contribution in [2.24, 2.45) is 5.92 Å². The standard InChI is InChI=1S/C17H22ClN3O3/c18-14-1-3-15(4-2-14)21-12-13(11-16(21)22)17(23)19-5-6-20-7-9-24-10-8-20/h1-4,13H,5-12H2,(H,19,23)/t13-/m0/s1. The molecule has 0 spiro atoms. The molecule has 3 rings (SSSR count). The van der Waals surface area contributed by atoms with Crippen molar-refractivity contribution in [1.29, 1.82) is 0 Å². The van der Waals surface area contributed by atoms with Gasteiger partial charge in [-0.05, 0) is 24.3 Å². The lowest BCUT2D eigenvalue weighted by Gasteiger charge is -2.26. The molecule has 0 aromatic heterocycles. The molecular weight excluding hydrogens is 330 g/mol. The van der Waals surface area contributed by atoms with Crippen molar-refractivity contribution in [1.82, 2.24) is 10.2 Å². The molecule has 1 aromatic carbocycles. The minimum Gasteiger partial charge on any atom is -0.379 e. The van der Waals surface area contributed by atoms with Crippen LogP contribution >= 0.6 is 11.6 Å². The van der Waals surface area contributed by atoms with E-state index in [1.165, 1.54) is 0 Å². The van der Waals surface area contributed by atoms with Crippen LogP contribution in [0.1, 0.15) is 6.42 Å². The second-order valence-electron chi connectivity index (χ2n) is 6.13. The first-order valence-electron chi connectivity index (χ1n) is 8.27. The van der Waals surface area contributed by atoms with Crippen LogP contribution in [0, 0.1) is 5.92 Å². The fourth-order valence-corrected chi connectivity index (χ4v) is 3.19. The molecule has 0 saturated carbocycles. The maximum absolute atomic E-state index is 12.3. The van der Waals surface area contributed by atoms with E-state index in [-0.39, 0.29) is 24.2 Å². The highest BCUT2D eigenvalue weighted by atomic mass is 35.5. The van der Waals surface area contributed by atoms with E-state index in [1.54, 1.807) is 29.2 Å². The van der Waals surface area contributed by atoms with E-state index in [1.807, 2.05) is 0 Å². The number of carbonyl (C=O) groups excluding carboxylic acids is 2. The Morgan fingerprint density at radius 3 is 2.67 bits per heavy atom. The van der Waals surface area contributed by atoms with E-state index in [4.69, 9.17) is 16.3 Å². The number of hydrogen-bond acceptors (Lipinski definition) is 4. The number of benzene rings is 1. The number of nitrogens with one attached hydrogen (secondary N) is 1. The molecule has 6 nitrogen and oxygen atoms in total. The van der Waals surface area contributed by atoms with Gasteiger partial charge in [0.2, 0.25) is 11.8 Å². The lowest BCUT2D eigenvalue weighted by molar-refractivity contribution is -0.126. The summed E-state index contributed by atoms with van der Waals surface area (Å²) in [5.74, 6) is -0.364. The van der Waals surface area contributed by atoms with E-state index in [2.05, 4.69) is 10.2 Å². The van der Waals surface area contributed by atoms with Crippen LogP contribution in [0.25, 0.3) is 0 Å². The van der Waals surface area contributed by atoms with Gasteiger partial charge in [0.1, 0.15) is 0 Å². The van der Waals surface area contributed by atoms with Crippen LogP contribution in [-0.2, 0) is 14.3 Å². The SMILES string of the molecule is O=C(NCCN1CCOCC1)[C@H]1CC(=O)N(c2ccc(Cl)cc2)C1. The van der Waals surface area contributed by atoms with Gasteiger partial charge in [0.05, 0.1) is 19.1 Å². The Morgan fingerprint density at radius 1 is 1.25 bits per heavy atom. The molecule has 1 aromatic rings. The van der Waals surface area contributed by atoms with E-state index >= 15 is 0 Å². The van der Waals surface area contributed by atoms with Crippen LogP contribution in [0.15, 0.2) is 24.3 Å². The van der Waals surface area contributed by atoms with E-state index in [0.29, 0.717) is 18.1 Å². The first kappa shape index (κ1) is 17.2.